The van der Waals surface area contributed by atoms with Gasteiger partial charge in [-0.05, 0) is 32.6 Å². The van der Waals surface area contributed by atoms with Crippen molar-refractivity contribution < 1.29 is 14.7 Å². The number of carbonyl (C=O) groups is 2. The fourth-order valence-electron chi connectivity index (χ4n) is 2.37. The average molecular weight is 262 g/mol. The van der Waals surface area contributed by atoms with Crippen LogP contribution in [0, 0.1) is 0 Å². The Morgan fingerprint density at radius 3 is 2.42 bits per heavy atom. The Kier molecular flexibility index (Phi) is 3.85. The van der Waals surface area contributed by atoms with Crippen LogP contribution in [-0.4, -0.2) is 60.0 Å². The van der Waals surface area contributed by atoms with Crippen LogP contribution in [0.2, 0.25) is 0 Å². The van der Waals surface area contributed by atoms with Gasteiger partial charge in [-0.2, -0.15) is 0 Å². The Balaban J connectivity index is 2.19. The molecule has 1 aliphatic rings. The van der Waals surface area contributed by atoms with Gasteiger partial charge in [0, 0.05) is 19.1 Å². The summed E-state index contributed by atoms with van der Waals surface area (Å²) in [5, 5.41) is 9.12. The summed E-state index contributed by atoms with van der Waals surface area (Å²) in [5.74, 6) is -1.25. The molecule has 0 saturated carbocycles. The number of nitrogens with zero attached hydrogens (tertiary/aromatic N) is 2. The maximum absolute atomic E-state index is 12.4. The molecule has 1 N–H and O–H groups in total. The van der Waals surface area contributed by atoms with Crippen LogP contribution in [0.3, 0.4) is 0 Å². The van der Waals surface area contributed by atoms with Gasteiger partial charge in [-0.1, -0.05) is 12.1 Å². The van der Waals surface area contributed by atoms with Gasteiger partial charge in [0.15, 0.2) is 0 Å². The Bertz CT molecular complexity index is 499. The van der Waals surface area contributed by atoms with Crippen molar-refractivity contribution in [2.75, 3.05) is 27.2 Å². The second-order valence-corrected chi connectivity index (χ2v) is 5.01. The van der Waals surface area contributed by atoms with Gasteiger partial charge in [0.2, 0.25) is 0 Å². The molecule has 0 spiro atoms. The Morgan fingerprint density at radius 2 is 1.89 bits per heavy atom. The fourth-order valence-corrected chi connectivity index (χ4v) is 2.37. The van der Waals surface area contributed by atoms with Crippen LogP contribution in [0.15, 0.2) is 24.3 Å². The number of likely N-dealkylation sites (N-methyl/N-ethyl adjacent to an activating group) is 1. The van der Waals surface area contributed by atoms with Gasteiger partial charge in [-0.15, -0.1) is 0 Å². The minimum Gasteiger partial charge on any atom is -0.478 e. The molecule has 2 rings (SSSR count). The third-order valence-corrected chi connectivity index (χ3v) is 3.57. The molecule has 1 aromatic carbocycles. The number of aromatic carboxylic acids is 1. The van der Waals surface area contributed by atoms with Crippen LogP contribution in [-0.2, 0) is 0 Å². The predicted molar refractivity (Wildman–Crippen MR) is 71.4 cm³/mol. The van der Waals surface area contributed by atoms with Gasteiger partial charge in [-0.3, -0.25) is 4.79 Å². The summed E-state index contributed by atoms with van der Waals surface area (Å²) in [7, 11) is 3.98. The van der Waals surface area contributed by atoms with Crippen LogP contribution in [0.5, 0.6) is 0 Å². The SMILES string of the molecule is CN(C)C1CCN(C(=O)c2ccccc2C(=O)O)C1. The lowest BCUT2D eigenvalue weighted by atomic mass is 10.1. The molecule has 0 aromatic heterocycles. The number of likely N-dealkylation sites (tertiary alicyclic amines) is 1. The highest BCUT2D eigenvalue weighted by Crippen LogP contribution is 2.18. The molecule has 1 heterocycles. The number of carboxylic acids is 1. The third kappa shape index (κ3) is 2.76. The standard InChI is InChI=1S/C14H18N2O3/c1-15(2)10-7-8-16(9-10)13(17)11-5-3-4-6-12(11)14(18)19/h3-6,10H,7-9H2,1-2H3,(H,18,19). The van der Waals surface area contributed by atoms with Crippen molar-refractivity contribution in [1.82, 2.24) is 9.80 Å². The zero-order valence-electron chi connectivity index (χ0n) is 11.2. The highest BCUT2D eigenvalue weighted by molar-refractivity contribution is 6.04. The second kappa shape index (κ2) is 5.40. The number of rotatable bonds is 3. The van der Waals surface area contributed by atoms with Crippen LogP contribution in [0.1, 0.15) is 27.1 Å². The summed E-state index contributed by atoms with van der Waals surface area (Å²) in [6.45, 7) is 1.33. The van der Waals surface area contributed by atoms with Crippen molar-refractivity contribution in [2.24, 2.45) is 0 Å². The number of carboxylic acid groups (broad SMARTS) is 1. The first-order valence-electron chi connectivity index (χ1n) is 6.28. The molecule has 1 saturated heterocycles. The maximum Gasteiger partial charge on any atom is 0.336 e. The zero-order valence-corrected chi connectivity index (χ0v) is 11.2. The van der Waals surface area contributed by atoms with Gasteiger partial charge in [0.25, 0.3) is 5.91 Å². The van der Waals surface area contributed by atoms with E-state index in [4.69, 9.17) is 5.11 Å². The van der Waals surface area contributed by atoms with Gasteiger partial charge in [0.1, 0.15) is 0 Å². The van der Waals surface area contributed by atoms with Crippen LogP contribution >= 0.6 is 0 Å². The minimum absolute atomic E-state index is 0.0702. The summed E-state index contributed by atoms with van der Waals surface area (Å²) in [5.41, 5.74) is 0.343. The van der Waals surface area contributed by atoms with Crippen LogP contribution in [0.25, 0.3) is 0 Å². The summed E-state index contributed by atoms with van der Waals surface area (Å²) in [4.78, 5) is 27.3. The van der Waals surface area contributed by atoms with Gasteiger partial charge < -0.3 is 14.9 Å². The van der Waals surface area contributed by atoms with E-state index in [-0.39, 0.29) is 17.0 Å². The number of benzene rings is 1. The van der Waals surface area contributed by atoms with E-state index < -0.39 is 5.97 Å². The average Bonchev–Trinajstić information content (AvgIpc) is 2.87. The second-order valence-electron chi connectivity index (χ2n) is 5.01. The number of carbonyl (C=O) groups excluding carboxylic acids is 1. The predicted octanol–water partition coefficient (Wildman–Crippen LogP) is 1.16. The first-order chi connectivity index (χ1) is 9.00. The topological polar surface area (TPSA) is 60.9 Å². The van der Waals surface area contributed by atoms with Gasteiger partial charge >= 0.3 is 5.97 Å². The van der Waals surface area contributed by atoms with E-state index in [9.17, 15) is 9.59 Å². The summed E-state index contributed by atoms with van der Waals surface area (Å²) in [6, 6.07) is 6.72. The molecule has 0 radical (unpaired) electrons. The van der Waals surface area contributed by atoms with E-state index in [1.165, 1.54) is 6.07 Å². The van der Waals surface area contributed by atoms with Gasteiger partial charge in [0.05, 0.1) is 11.1 Å². The lowest BCUT2D eigenvalue weighted by Crippen LogP contribution is -2.35. The number of amides is 1. The summed E-state index contributed by atoms with van der Waals surface area (Å²) in [6.07, 6.45) is 0.925. The van der Waals surface area contributed by atoms with Crippen molar-refractivity contribution in [1.29, 1.82) is 0 Å². The molecular weight excluding hydrogens is 244 g/mol. The lowest BCUT2D eigenvalue weighted by Gasteiger charge is -2.21. The number of hydrogen-bond donors (Lipinski definition) is 1. The highest BCUT2D eigenvalue weighted by Gasteiger charge is 2.29. The van der Waals surface area contributed by atoms with Crippen molar-refractivity contribution in [3.05, 3.63) is 35.4 Å². The summed E-state index contributed by atoms with van der Waals surface area (Å²) < 4.78 is 0. The van der Waals surface area contributed by atoms with Crippen LogP contribution in [0.4, 0.5) is 0 Å². The first kappa shape index (κ1) is 13.5. The van der Waals surface area contributed by atoms with Crippen molar-refractivity contribution >= 4 is 11.9 Å². The van der Waals surface area contributed by atoms with Gasteiger partial charge in [-0.25, -0.2) is 4.79 Å². The van der Waals surface area contributed by atoms with E-state index in [1.807, 2.05) is 14.1 Å². The third-order valence-electron chi connectivity index (χ3n) is 3.57. The largest absolute Gasteiger partial charge is 0.478 e. The molecule has 1 atom stereocenters. The lowest BCUT2D eigenvalue weighted by molar-refractivity contribution is 0.0680. The van der Waals surface area contributed by atoms with E-state index in [0.29, 0.717) is 19.1 Å². The monoisotopic (exact) mass is 262 g/mol. The normalized spacial score (nSPS) is 18.9. The van der Waals surface area contributed by atoms with E-state index in [2.05, 4.69) is 4.90 Å². The van der Waals surface area contributed by atoms with Crippen LogP contribution < -0.4 is 0 Å². The molecule has 1 fully saturated rings. The molecule has 5 nitrogen and oxygen atoms in total. The first-order valence-corrected chi connectivity index (χ1v) is 6.28. The zero-order chi connectivity index (χ0) is 14.0. The molecule has 19 heavy (non-hydrogen) atoms. The van der Waals surface area contributed by atoms with E-state index in [0.717, 1.165) is 6.42 Å². The van der Waals surface area contributed by atoms with Crippen molar-refractivity contribution in [2.45, 2.75) is 12.5 Å². The molecular formula is C14H18N2O3. The van der Waals surface area contributed by atoms with Crippen molar-refractivity contribution in [3.63, 3.8) is 0 Å². The molecule has 1 aromatic rings. The molecule has 1 aliphatic heterocycles. The molecule has 0 aliphatic carbocycles. The van der Waals surface area contributed by atoms with Crippen molar-refractivity contribution in [3.8, 4) is 0 Å². The smallest absolute Gasteiger partial charge is 0.336 e. The highest BCUT2D eigenvalue weighted by atomic mass is 16.4. The van der Waals surface area contributed by atoms with E-state index in [1.54, 1.807) is 23.1 Å². The summed E-state index contributed by atoms with van der Waals surface area (Å²) >= 11 is 0. The fraction of sp³-hybridized carbons (Fsp3) is 0.429. The Hall–Kier alpha value is -1.88. The molecule has 0 bridgehead atoms. The minimum atomic E-state index is -1.06. The molecule has 5 heteroatoms. The maximum atomic E-state index is 12.4. The molecule has 102 valence electrons. The molecule has 1 unspecified atom stereocenters. The quantitative estimate of drug-likeness (QED) is 0.888. The number of hydrogen-bond acceptors (Lipinski definition) is 3. The van der Waals surface area contributed by atoms with E-state index >= 15 is 0 Å². The molecule has 1 amide bonds. The Morgan fingerprint density at radius 1 is 1.26 bits per heavy atom. The Labute approximate surface area is 112 Å².